The number of aliphatic imine (C=N–C) groups is 1. The number of methoxy groups -OCH3 is 1. The molecule has 35 heavy (non-hydrogen) atoms. The first kappa shape index (κ1) is 25.2. The second-order valence-corrected chi connectivity index (χ2v) is 9.86. The zero-order valence-electron chi connectivity index (χ0n) is 19.2. The molecule has 0 amide bonds. The number of carbonyl (C=O) groups is 2. The number of hydrogen-bond acceptors (Lipinski definition) is 9. The number of carbonyl (C=O) groups excluding carboxylic acids is 1. The Morgan fingerprint density at radius 2 is 2.20 bits per heavy atom. The van der Waals surface area contributed by atoms with Crippen molar-refractivity contribution in [2.24, 2.45) is 4.99 Å². The first-order chi connectivity index (χ1) is 16.6. The third-order valence-electron chi connectivity index (χ3n) is 5.89. The van der Waals surface area contributed by atoms with Crippen molar-refractivity contribution in [1.82, 2.24) is 15.2 Å². The lowest BCUT2D eigenvalue weighted by Crippen LogP contribution is -2.61. The predicted octanol–water partition coefficient (Wildman–Crippen LogP) is 3.02. The zero-order valence-corrected chi connectivity index (χ0v) is 20.8. The van der Waals surface area contributed by atoms with Crippen LogP contribution >= 0.6 is 22.9 Å². The number of halogens is 2. The number of aromatic nitrogens is 1. The number of hydrogen-bond donors (Lipinski definition) is 2. The van der Waals surface area contributed by atoms with E-state index < -0.39 is 35.4 Å². The van der Waals surface area contributed by atoms with E-state index in [0.29, 0.717) is 35.3 Å². The van der Waals surface area contributed by atoms with Crippen LogP contribution in [0.5, 0.6) is 0 Å². The molecule has 186 valence electrons. The van der Waals surface area contributed by atoms with Crippen LogP contribution in [0.1, 0.15) is 30.5 Å². The molecule has 12 heteroatoms. The highest BCUT2D eigenvalue weighted by Gasteiger charge is 2.45. The topological polar surface area (TPSA) is 113 Å². The standard InChI is InChI=1S/C23H24ClFN4O5S/c1-23(2)18(21(30)31)29(7-8-34-23)11-15-16(22(32)33-3)17(13-5-4-12(25)10-14(13)24)28-19(27-15)20-26-6-9-35-20/h4-6,9-10,17-18H,7-8,11H2,1-3H3,(H,27,28)(H,30,31). The first-order valence-corrected chi connectivity index (χ1v) is 12.0. The summed E-state index contributed by atoms with van der Waals surface area (Å²) in [6, 6.07) is 1.95. The fourth-order valence-corrected chi connectivity index (χ4v) is 5.23. The van der Waals surface area contributed by atoms with Crippen molar-refractivity contribution < 1.29 is 28.6 Å². The number of carboxylic acid groups (broad SMARTS) is 1. The van der Waals surface area contributed by atoms with Gasteiger partial charge in [-0.1, -0.05) is 17.7 Å². The molecule has 0 bridgehead atoms. The number of carboxylic acids is 1. The normalized spacial score (nSPS) is 22.4. The third-order valence-corrected chi connectivity index (χ3v) is 7.00. The molecule has 2 aliphatic rings. The van der Waals surface area contributed by atoms with Crippen molar-refractivity contribution in [3.8, 4) is 0 Å². The van der Waals surface area contributed by atoms with E-state index in [1.54, 1.807) is 30.3 Å². The number of amidine groups is 1. The van der Waals surface area contributed by atoms with Crippen molar-refractivity contribution in [2.75, 3.05) is 26.8 Å². The van der Waals surface area contributed by atoms with Crippen LogP contribution < -0.4 is 5.32 Å². The van der Waals surface area contributed by atoms with Gasteiger partial charge in [-0.3, -0.25) is 14.7 Å². The fourth-order valence-electron chi connectivity index (χ4n) is 4.37. The number of nitrogens with zero attached hydrogens (tertiary/aromatic N) is 3. The largest absolute Gasteiger partial charge is 0.480 e. The van der Waals surface area contributed by atoms with Crippen LogP contribution in [-0.4, -0.2) is 71.2 Å². The highest BCUT2D eigenvalue weighted by molar-refractivity contribution is 7.11. The van der Waals surface area contributed by atoms with Crippen LogP contribution in [0.2, 0.25) is 5.02 Å². The maximum absolute atomic E-state index is 13.8. The lowest BCUT2D eigenvalue weighted by molar-refractivity contribution is -0.170. The summed E-state index contributed by atoms with van der Waals surface area (Å²) in [5, 5.41) is 15.6. The second kappa shape index (κ2) is 10.0. The molecule has 0 spiro atoms. The summed E-state index contributed by atoms with van der Waals surface area (Å²) >= 11 is 7.71. The number of esters is 1. The monoisotopic (exact) mass is 522 g/mol. The summed E-state index contributed by atoms with van der Waals surface area (Å²) < 4.78 is 24.6. The molecular formula is C23H24ClFN4O5S. The maximum atomic E-state index is 13.8. The van der Waals surface area contributed by atoms with E-state index in [2.05, 4.69) is 15.3 Å². The quantitative estimate of drug-likeness (QED) is 0.557. The van der Waals surface area contributed by atoms with Gasteiger partial charge in [-0.2, -0.15) is 0 Å². The van der Waals surface area contributed by atoms with E-state index in [1.807, 2.05) is 0 Å². The summed E-state index contributed by atoms with van der Waals surface area (Å²) in [6.45, 7) is 4.13. The summed E-state index contributed by atoms with van der Waals surface area (Å²) in [4.78, 5) is 35.9. The molecule has 0 aliphatic carbocycles. The smallest absolute Gasteiger partial charge is 0.338 e. The van der Waals surface area contributed by atoms with E-state index in [4.69, 9.17) is 21.1 Å². The first-order valence-electron chi connectivity index (χ1n) is 10.7. The molecule has 0 saturated carbocycles. The molecule has 4 rings (SSSR count). The van der Waals surface area contributed by atoms with Gasteiger partial charge in [0.1, 0.15) is 17.9 Å². The Kier molecular flexibility index (Phi) is 7.22. The summed E-state index contributed by atoms with van der Waals surface area (Å²) in [7, 11) is 1.24. The van der Waals surface area contributed by atoms with Gasteiger partial charge in [0.2, 0.25) is 0 Å². The lowest BCUT2D eigenvalue weighted by atomic mass is 9.92. The minimum absolute atomic E-state index is 0.0634. The van der Waals surface area contributed by atoms with Crippen molar-refractivity contribution in [2.45, 2.75) is 31.5 Å². The van der Waals surface area contributed by atoms with E-state index in [-0.39, 0.29) is 17.1 Å². The van der Waals surface area contributed by atoms with Crippen molar-refractivity contribution in [3.63, 3.8) is 0 Å². The SMILES string of the molecule is COC(=O)C1=C(CN2CCOC(C)(C)C2C(=O)O)NC(c2nccs2)=NC1c1ccc(F)cc1Cl. The van der Waals surface area contributed by atoms with Crippen molar-refractivity contribution >= 4 is 40.7 Å². The average Bonchev–Trinajstić information content (AvgIpc) is 3.32. The fraction of sp³-hybridized carbons (Fsp3) is 0.391. The minimum atomic E-state index is -1.04. The Balaban J connectivity index is 1.84. The number of aliphatic carboxylic acids is 1. The van der Waals surface area contributed by atoms with Crippen LogP contribution in [0.25, 0.3) is 0 Å². The molecule has 1 aromatic carbocycles. The van der Waals surface area contributed by atoms with Gasteiger partial charge in [-0.15, -0.1) is 11.3 Å². The van der Waals surface area contributed by atoms with Gasteiger partial charge in [0.15, 0.2) is 10.8 Å². The number of rotatable bonds is 6. The molecule has 9 nitrogen and oxygen atoms in total. The molecular weight excluding hydrogens is 499 g/mol. The maximum Gasteiger partial charge on any atom is 0.338 e. The molecule has 2 atom stereocenters. The number of thiazole rings is 1. The Labute approximate surface area is 210 Å². The van der Waals surface area contributed by atoms with Gasteiger partial charge >= 0.3 is 11.9 Å². The molecule has 2 aliphatic heterocycles. The molecule has 2 unspecified atom stereocenters. The summed E-state index contributed by atoms with van der Waals surface area (Å²) in [6.07, 6.45) is 1.62. The summed E-state index contributed by atoms with van der Waals surface area (Å²) in [5.41, 5.74) is -0.0175. The van der Waals surface area contributed by atoms with Gasteiger partial charge in [0, 0.05) is 40.9 Å². The lowest BCUT2D eigenvalue weighted by Gasteiger charge is -2.44. The molecule has 1 aromatic heterocycles. The van der Waals surface area contributed by atoms with E-state index >= 15 is 0 Å². The zero-order chi connectivity index (χ0) is 25.3. The number of nitrogens with one attached hydrogen (secondary N) is 1. The van der Waals surface area contributed by atoms with Crippen LogP contribution in [0, 0.1) is 5.82 Å². The van der Waals surface area contributed by atoms with E-state index in [0.717, 1.165) is 6.07 Å². The van der Waals surface area contributed by atoms with E-state index in [1.165, 1.54) is 30.6 Å². The third kappa shape index (κ3) is 5.08. The Bertz CT molecular complexity index is 1200. The Morgan fingerprint density at radius 3 is 2.83 bits per heavy atom. The van der Waals surface area contributed by atoms with Gasteiger partial charge in [-0.25, -0.2) is 14.2 Å². The number of benzene rings is 1. The molecule has 2 N–H and O–H groups in total. The predicted molar refractivity (Wildman–Crippen MR) is 128 cm³/mol. The van der Waals surface area contributed by atoms with Crippen molar-refractivity contribution in [1.29, 1.82) is 0 Å². The number of morpholine rings is 1. The van der Waals surface area contributed by atoms with Gasteiger partial charge in [0.25, 0.3) is 0 Å². The van der Waals surface area contributed by atoms with Crippen LogP contribution in [0.3, 0.4) is 0 Å². The molecule has 1 saturated heterocycles. The highest BCUT2D eigenvalue weighted by Crippen LogP contribution is 2.37. The van der Waals surface area contributed by atoms with Crippen LogP contribution in [0.15, 0.2) is 46.0 Å². The van der Waals surface area contributed by atoms with Gasteiger partial charge in [0.05, 0.1) is 24.9 Å². The molecule has 0 radical (unpaired) electrons. The summed E-state index contributed by atoms with van der Waals surface area (Å²) in [5.74, 6) is -1.86. The van der Waals surface area contributed by atoms with Gasteiger partial charge < -0.3 is 19.9 Å². The second-order valence-electron chi connectivity index (χ2n) is 8.56. The van der Waals surface area contributed by atoms with Crippen LogP contribution in [-0.2, 0) is 19.1 Å². The van der Waals surface area contributed by atoms with Gasteiger partial charge in [-0.05, 0) is 26.0 Å². The number of ether oxygens (including phenoxy) is 2. The molecule has 2 aromatic rings. The Hall–Kier alpha value is -2.86. The molecule has 1 fully saturated rings. The minimum Gasteiger partial charge on any atom is -0.480 e. The van der Waals surface area contributed by atoms with E-state index in [9.17, 15) is 19.1 Å². The Morgan fingerprint density at radius 1 is 1.43 bits per heavy atom. The molecule has 3 heterocycles. The highest BCUT2D eigenvalue weighted by atomic mass is 35.5. The van der Waals surface area contributed by atoms with Crippen LogP contribution in [0.4, 0.5) is 4.39 Å². The van der Waals surface area contributed by atoms with Crippen molar-refractivity contribution in [3.05, 3.63) is 62.5 Å². The average molecular weight is 523 g/mol.